The highest BCUT2D eigenvalue weighted by Gasteiger charge is 2.32. The van der Waals surface area contributed by atoms with E-state index in [-0.39, 0.29) is 12.0 Å². The molecule has 0 saturated heterocycles. The van der Waals surface area contributed by atoms with Gasteiger partial charge in [-0.3, -0.25) is 0 Å². The van der Waals surface area contributed by atoms with Gasteiger partial charge in [-0.25, -0.2) is 4.79 Å². The van der Waals surface area contributed by atoms with Gasteiger partial charge < -0.3 is 29.2 Å². The number of esters is 1. The molecule has 0 amide bonds. The summed E-state index contributed by atoms with van der Waals surface area (Å²) in [5.74, 6) is 1.72. The second-order valence-corrected chi connectivity index (χ2v) is 9.36. The maximum Gasteiger partial charge on any atom is 0.337 e. The van der Waals surface area contributed by atoms with Gasteiger partial charge >= 0.3 is 5.97 Å². The lowest BCUT2D eigenvalue weighted by Gasteiger charge is -2.40. The van der Waals surface area contributed by atoms with Gasteiger partial charge in [-0.2, -0.15) is 0 Å². The summed E-state index contributed by atoms with van der Waals surface area (Å²) >= 11 is 5.91. The number of rotatable bonds is 7. The smallest absolute Gasteiger partial charge is 0.337 e. The molecule has 8 heteroatoms. The molecule has 35 heavy (non-hydrogen) atoms. The number of hydrogen-bond donors (Lipinski definition) is 1. The normalized spacial score (nSPS) is 17.8. The van der Waals surface area contributed by atoms with Gasteiger partial charge in [-0.05, 0) is 79.0 Å². The van der Waals surface area contributed by atoms with Crippen LogP contribution >= 0.6 is 12.2 Å². The summed E-state index contributed by atoms with van der Waals surface area (Å²) in [5.41, 5.74) is 2.81. The van der Waals surface area contributed by atoms with Crippen LogP contribution in [-0.2, 0) is 11.2 Å². The van der Waals surface area contributed by atoms with Gasteiger partial charge in [0.1, 0.15) is 12.4 Å². The van der Waals surface area contributed by atoms with Crippen molar-refractivity contribution in [1.29, 1.82) is 0 Å². The Morgan fingerprint density at radius 2 is 1.71 bits per heavy atom. The minimum Gasteiger partial charge on any atom is -0.493 e. The Balaban J connectivity index is 1.57. The number of hydrogen-bond acceptors (Lipinski definition) is 6. The lowest BCUT2D eigenvalue weighted by Crippen LogP contribution is -2.50. The molecule has 0 bridgehead atoms. The van der Waals surface area contributed by atoms with E-state index >= 15 is 0 Å². The van der Waals surface area contributed by atoms with E-state index in [0.29, 0.717) is 29.7 Å². The number of carbonyl (C=O) groups excluding carboxylic acids is 1. The zero-order chi connectivity index (χ0) is 24.8. The molecule has 0 aromatic heterocycles. The SMILES string of the molecule is COC(=O)c1ccc(OCC2c3cc(OC)c(OC)cc3CCN2C(=S)NC2CCCCC2)cc1. The third kappa shape index (κ3) is 5.81. The number of benzene rings is 2. The number of ether oxygens (including phenoxy) is 4. The maximum atomic E-state index is 11.7. The van der Waals surface area contributed by atoms with Crippen LogP contribution in [0.5, 0.6) is 17.2 Å². The molecule has 1 N–H and O–H groups in total. The first-order valence-electron chi connectivity index (χ1n) is 12.2. The van der Waals surface area contributed by atoms with E-state index in [2.05, 4.69) is 16.3 Å². The van der Waals surface area contributed by atoms with E-state index in [1.807, 2.05) is 6.07 Å². The van der Waals surface area contributed by atoms with Crippen LogP contribution in [0.25, 0.3) is 0 Å². The van der Waals surface area contributed by atoms with Crippen molar-refractivity contribution < 1.29 is 23.7 Å². The van der Waals surface area contributed by atoms with E-state index in [1.54, 1.807) is 38.5 Å². The van der Waals surface area contributed by atoms with E-state index in [4.69, 9.17) is 31.2 Å². The monoisotopic (exact) mass is 498 g/mol. The van der Waals surface area contributed by atoms with E-state index in [1.165, 1.54) is 31.9 Å². The zero-order valence-electron chi connectivity index (χ0n) is 20.7. The molecule has 2 aromatic rings. The third-order valence-electron chi connectivity index (χ3n) is 6.88. The van der Waals surface area contributed by atoms with Crippen LogP contribution < -0.4 is 19.5 Å². The van der Waals surface area contributed by atoms with Gasteiger partial charge in [-0.15, -0.1) is 0 Å². The van der Waals surface area contributed by atoms with Gasteiger partial charge in [0.25, 0.3) is 0 Å². The number of methoxy groups -OCH3 is 3. The van der Waals surface area contributed by atoms with Crippen molar-refractivity contribution in [2.75, 3.05) is 34.5 Å². The second kappa shape index (κ2) is 11.6. The standard InChI is InChI=1S/C27H34N2O5S/c1-31-24-15-19-13-14-29(27(35)28-20-7-5-4-6-8-20)23(22(19)16-25(24)32-2)17-34-21-11-9-18(10-12-21)26(30)33-3/h9-12,15-16,20,23H,4-8,13-14,17H2,1-3H3,(H,28,35). The maximum absolute atomic E-state index is 11.7. The molecule has 1 unspecified atom stereocenters. The molecule has 0 radical (unpaired) electrons. The molecule has 1 fully saturated rings. The summed E-state index contributed by atoms with van der Waals surface area (Å²) in [6.07, 6.45) is 6.95. The van der Waals surface area contributed by atoms with Crippen molar-refractivity contribution in [1.82, 2.24) is 10.2 Å². The lowest BCUT2D eigenvalue weighted by molar-refractivity contribution is 0.0600. The predicted octanol–water partition coefficient (Wildman–Crippen LogP) is 4.68. The zero-order valence-corrected chi connectivity index (χ0v) is 21.5. The molecule has 1 aliphatic carbocycles. The predicted molar refractivity (Wildman–Crippen MR) is 139 cm³/mol. The highest BCUT2D eigenvalue weighted by Crippen LogP contribution is 2.38. The molecule has 0 spiro atoms. The van der Waals surface area contributed by atoms with Crippen LogP contribution in [0, 0.1) is 0 Å². The molecular formula is C27H34N2O5S. The molecule has 2 aliphatic rings. The van der Waals surface area contributed by atoms with Gasteiger partial charge in [0, 0.05) is 12.6 Å². The van der Waals surface area contributed by atoms with Crippen LogP contribution in [0.4, 0.5) is 0 Å². The number of nitrogens with one attached hydrogen (secondary N) is 1. The van der Waals surface area contributed by atoms with Crippen molar-refractivity contribution in [3.8, 4) is 17.2 Å². The average Bonchev–Trinajstić information content (AvgIpc) is 2.91. The van der Waals surface area contributed by atoms with Crippen LogP contribution in [-0.4, -0.2) is 56.5 Å². The summed E-state index contributed by atoms with van der Waals surface area (Å²) in [5, 5.41) is 4.39. The van der Waals surface area contributed by atoms with Crippen molar-refractivity contribution in [2.24, 2.45) is 0 Å². The van der Waals surface area contributed by atoms with Crippen LogP contribution in [0.3, 0.4) is 0 Å². The minimum atomic E-state index is -0.371. The van der Waals surface area contributed by atoms with Gasteiger partial charge in [-0.1, -0.05) is 19.3 Å². The summed E-state index contributed by atoms with van der Waals surface area (Å²) < 4.78 is 22.1. The van der Waals surface area contributed by atoms with Crippen molar-refractivity contribution >= 4 is 23.3 Å². The lowest BCUT2D eigenvalue weighted by atomic mass is 9.92. The van der Waals surface area contributed by atoms with Crippen LogP contribution in [0.1, 0.15) is 59.6 Å². The molecule has 7 nitrogen and oxygen atoms in total. The fraction of sp³-hybridized carbons (Fsp3) is 0.481. The third-order valence-corrected chi connectivity index (χ3v) is 7.23. The van der Waals surface area contributed by atoms with Crippen molar-refractivity contribution in [3.63, 3.8) is 0 Å². The van der Waals surface area contributed by atoms with Crippen molar-refractivity contribution in [2.45, 2.75) is 50.6 Å². The summed E-state index contributed by atoms with van der Waals surface area (Å²) in [7, 11) is 4.67. The molecule has 1 saturated carbocycles. The summed E-state index contributed by atoms with van der Waals surface area (Å²) in [4.78, 5) is 14.0. The van der Waals surface area contributed by atoms with Gasteiger partial charge in [0.15, 0.2) is 16.6 Å². The summed E-state index contributed by atoms with van der Waals surface area (Å²) in [6.45, 7) is 1.18. The van der Waals surface area contributed by atoms with Crippen LogP contribution in [0.2, 0.25) is 0 Å². The van der Waals surface area contributed by atoms with Crippen LogP contribution in [0.15, 0.2) is 36.4 Å². The van der Waals surface area contributed by atoms with E-state index in [9.17, 15) is 4.79 Å². The number of carbonyl (C=O) groups is 1. The molecule has 4 rings (SSSR count). The Morgan fingerprint density at radius 3 is 2.37 bits per heavy atom. The number of nitrogens with zero attached hydrogens (tertiary/aromatic N) is 1. The summed E-state index contributed by atoms with van der Waals surface area (Å²) in [6, 6.07) is 11.4. The second-order valence-electron chi connectivity index (χ2n) is 8.98. The molecule has 188 valence electrons. The van der Waals surface area contributed by atoms with E-state index < -0.39 is 0 Å². The first kappa shape index (κ1) is 25.1. The molecule has 2 aromatic carbocycles. The molecule has 1 heterocycles. The Morgan fingerprint density at radius 1 is 1.03 bits per heavy atom. The highest BCUT2D eigenvalue weighted by molar-refractivity contribution is 7.80. The Kier molecular flexibility index (Phi) is 8.33. The van der Waals surface area contributed by atoms with Gasteiger partial charge in [0.2, 0.25) is 0 Å². The largest absolute Gasteiger partial charge is 0.493 e. The fourth-order valence-corrected chi connectivity index (χ4v) is 5.32. The first-order valence-corrected chi connectivity index (χ1v) is 12.6. The first-order chi connectivity index (χ1) is 17.0. The van der Waals surface area contributed by atoms with E-state index in [0.717, 1.165) is 42.2 Å². The quantitative estimate of drug-likeness (QED) is 0.436. The average molecular weight is 499 g/mol. The van der Waals surface area contributed by atoms with Gasteiger partial charge in [0.05, 0.1) is 32.9 Å². The molecule has 1 aliphatic heterocycles. The Labute approximate surface area is 212 Å². The Hall–Kier alpha value is -3.00. The molecule has 1 atom stereocenters. The van der Waals surface area contributed by atoms with Crippen molar-refractivity contribution in [3.05, 3.63) is 53.1 Å². The number of thiocarbonyl (C=S) groups is 1. The minimum absolute atomic E-state index is 0.0950. The topological polar surface area (TPSA) is 69.3 Å². The number of fused-ring (bicyclic) bond motifs is 1. The molecular weight excluding hydrogens is 464 g/mol. The highest BCUT2D eigenvalue weighted by atomic mass is 32.1. The Bertz CT molecular complexity index is 1040. The fourth-order valence-electron chi connectivity index (χ4n) is 4.94.